The van der Waals surface area contributed by atoms with Gasteiger partial charge in [0.05, 0.1) is 13.2 Å². The van der Waals surface area contributed by atoms with Gasteiger partial charge in [0.2, 0.25) is 0 Å². The minimum absolute atomic E-state index is 0.0420. The van der Waals surface area contributed by atoms with Crippen molar-refractivity contribution < 1.29 is 9.84 Å². The quantitative estimate of drug-likeness (QED) is 0.742. The molecule has 2 N–H and O–H groups in total. The van der Waals surface area contributed by atoms with Gasteiger partial charge in [-0.1, -0.05) is 18.2 Å². The number of rotatable bonds is 6. The van der Waals surface area contributed by atoms with Gasteiger partial charge in [0.15, 0.2) is 0 Å². The van der Waals surface area contributed by atoms with Crippen LogP contribution in [0, 0.1) is 0 Å². The van der Waals surface area contributed by atoms with Crippen molar-refractivity contribution in [3.8, 4) is 5.75 Å². The lowest BCUT2D eigenvalue weighted by atomic mass is 10.1. The van der Waals surface area contributed by atoms with Gasteiger partial charge in [-0.2, -0.15) is 0 Å². The summed E-state index contributed by atoms with van der Waals surface area (Å²) in [6.45, 7) is 1.94. The smallest absolute Gasteiger partial charge is 0.124 e. The summed E-state index contributed by atoms with van der Waals surface area (Å²) in [5.41, 5.74) is 0.867. The van der Waals surface area contributed by atoms with Crippen LogP contribution in [-0.2, 0) is 6.61 Å². The van der Waals surface area contributed by atoms with Gasteiger partial charge in [-0.3, -0.25) is 0 Å². The number of ether oxygens (including phenoxy) is 1. The van der Waals surface area contributed by atoms with Gasteiger partial charge in [-0.15, -0.1) is 0 Å². The van der Waals surface area contributed by atoms with Crippen molar-refractivity contribution in [1.82, 2.24) is 5.32 Å². The van der Waals surface area contributed by atoms with Crippen LogP contribution in [0.4, 0.5) is 0 Å². The predicted octanol–water partition coefficient (Wildman–Crippen LogP) is 2.09. The zero-order valence-electron chi connectivity index (χ0n) is 10.2. The molecule has 0 aromatic heterocycles. The summed E-state index contributed by atoms with van der Waals surface area (Å²) in [6, 6.07) is 8.35. The van der Waals surface area contributed by atoms with Crippen molar-refractivity contribution in [2.45, 2.75) is 38.3 Å². The molecular weight excluding hydrogens is 214 g/mol. The summed E-state index contributed by atoms with van der Waals surface area (Å²) < 4.78 is 5.70. The Hall–Kier alpha value is -1.06. The molecule has 3 heteroatoms. The molecule has 1 aromatic rings. The Balaban J connectivity index is 1.70. The maximum Gasteiger partial charge on any atom is 0.124 e. The second-order valence-electron chi connectivity index (χ2n) is 4.55. The highest BCUT2D eigenvalue weighted by Crippen LogP contribution is 2.18. The van der Waals surface area contributed by atoms with Gasteiger partial charge < -0.3 is 15.2 Å². The van der Waals surface area contributed by atoms with Crippen LogP contribution < -0.4 is 10.1 Å². The average Bonchev–Trinajstić information content (AvgIpc) is 2.88. The molecule has 1 aliphatic rings. The standard InChI is InChI=1S/C14H21NO2/c16-11-12-5-1-2-8-14(12)17-10-4-7-13-6-3-9-15-13/h1-2,5,8,13,15-16H,3-4,6-7,9-11H2. The fourth-order valence-electron chi connectivity index (χ4n) is 2.29. The van der Waals surface area contributed by atoms with E-state index in [1.165, 1.54) is 25.8 Å². The van der Waals surface area contributed by atoms with Gasteiger partial charge in [-0.05, 0) is 38.3 Å². The third-order valence-corrected chi connectivity index (χ3v) is 3.26. The first-order valence-electron chi connectivity index (χ1n) is 6.45. The van der Waals surface area contributed by atoms with Crippen LogP contribution >= 0.6 is 0 Å². The van der Waals surface area contributed by atoms with Crippen molar-refractivity contribution in [3.63, 3.8) is 0 Å². The molecule has 0 amide bonds. The largest absolute Gasteiger partial charge is 0.493 e. The van der Waals surface area contributed by atoms with Crippen molar-refractivity contribution >= 4 is 0 Å². The van der Waals surface area contributed by atoms with Crippen molar-refractivity contribution in [1.29, 1.82) is 0 Å². The van der Waals surface area contributed by atoms with E-state index >= 15 is 0 Å². The SMILES string of the molecule is OCc1ccccc1OCCCC1CCCN1. The molecule has 0 bridgehead atoms. The fraction of sp³-hybridized carbons (Fsp3) is 0.571. The fourth-order valence-corrected chi connectivity index (χ4v) is 2.29. The molecule has 17 heavy (non-hydrogen) atoms. The summed E-state index contributed by atoms with van der Waals surface area (Å²) in [4.78, 5) is 0. The zero-order chi connectivity index (χ0) is 11.9. The molecule has 0 saturated carbocycles. The monoisotopic (exact) mass is 235 g/mol. The van der Waals surface area contributed by atoms with Crippen LogP contribution in [0.3, 0.4) is 0 Å². The third-order valence-electron chi connectivity index (χ3n) is 3.26. The first kappa shape index (κ1) is 12.4. The molecule has 0 aliphatic carbocycles. The Bertz CT molecular complexity index is 335. The minimum atomic E-state index is 0.0420. The number of para-hydroxylation sites is 1. The van der Waals surface area contributed by atoms with E-state index in [1.54, 1.807) is 0 Å². The summed E-state index contributed by atoms with van der Waals surface area (Å²) >= 11 is 0. The first-order valence-corrected chi connectivity index (χ1v) is 6.45. The number of nitrogens with one attached hydrogen (secondary N) is 1. The first-order chi connectivity index (χ1) is 8.40. The van der Waals surface area contributed by atoms with Crippen molar-refractivity contribution in [3.05, 3.63) is 29.8 Å². The topological polar surface area (TPSA) is 41.5 Å². The van der Waals surface area contributed by atoms with Crippen LogP contribution in [0.25, 0.3) is 0 Å². The number of benzene rings is 1. The molecule has 1 saturated heterocycles. The maximum absolute atomic E-state index is 9.16. The molecule has 1 fully saturated rings. The van der Waals surface area contributed by atoms with Crippen LogP contribution in [-0.4, -0.2) is 24.3 Å². The highest BCUT2D eigenvalue weighted by Gasteiger charge is 2.13. The molecule has 1 unspecified atom stereocenters. The van der Waals surface area contributed by atoms with E-state index < -0.39 is 0 Å². The molecule has 3 nitrogen and oxygen atoms in total. The molecule has 1 heterocycles. The van der Waals surface area contributed by atoms with E-state index in [9.17, 15) is 0 Å². The Morgan fingerprint density at radius 3 is 3.00 bits per heavy atom. The van der Waals surface area contributed by atoms with Crippen LogP contribution in [0.1, 0.15) is 31.2 Å². The highest BCUT2D eigenvalue weighted by molar-refractivity contribution is 5.32. The van der Waals surface area contributed by atoms with Crippen molar-refractivity contribution in [2.24, 2.45) is 0 Å². The van der Waals surface area contributed by atoms with Crippen LogP contribution in [0.2, 0.25) is 0 Å². The van der Waals surface area contributed by atoms with Crippen LogP contribution in [0.15, 0.2) is 24.3 Å². The third kappa shape index (κ3) is 3.72. The molecule has 0 radical (unpaired) electrons. The van der Waals surface area contributed by atoms with E-state index in [2.05, 4.69) is 5.32 Å². The molecule has 94 valence electrons. The summed E-state index contributed by atoms with van der Waals surface area (Å²) in [6.07, 6.45) is 4.85. The van der Waals surface area contributed by atoms with E-state index in [0.717, 1.165) is 24.3 Å². The van der Waals surface area contributed by atoms with E-state index in [-0.39, 0.29) is 6.61 Å². The Labute approximate surface area is 103 Å². The second kappa shape index (κ2) is 6.62. The lowest BCUT2D eigenvalue weighted by Gasteiger charge is -2.12. The summed E-state index contributed by atoms with van der Waals surface area (Å²) in [5, 5.41) is 12.6. The van der Waals surface area contributed by atoms with Gasteiger partial charge in [0.25, 0.3) is 0 Å². The number of hydrogen-bond acceptors (Lipinski definition) is 3. The number of aliphatic hydroxyl groups excluding tert-OH is 1. The molecule has 1 aromatic carbocycles. The maximum atomic E-state index is 9.16. The minimum Gasteiger partial charge on any atom is -0.493 e. The van der Waals surface area contributed by atoms with Gasteiger partial charge in [-0.25, -0.2) is 0 Å². The molecule has 2 rings (SSSR count). The lowest BCUT2D eigenvalue weighted by Crippen LogP contribution is -2.21. The Kier molecular flexibility index (Phi) is 4.83. The van der Waals surface area contributed by atoms with Gasteiger partial charge in [0, 0.05) is 11.6 Å². The zero-order valence-corrected chi connectivity index (χ0v) is 10.2. The van der Waals surface area contributed by atoms with Crippen LogP contribution in [0.5, 0.6) is 5.75 Å². The normalized spacial score (nSPS) is 19.5. The molecule has 0 spiro atoms. The Morgan fingerprint density at radius 1 is 1.35 bits per heavy atom. The Morgan fingerprint density at radius 2 is 2.24 bits per heavy atom. The molecular formula is C14H21NO2. The van der Waals surface area contributed by atoms with E-state index in [1.807, 2.05) is 24.3 Å². The predicted molar refractivity (Wildman–Crippen MR) is 68.1 cm³/mol. The molecule has 1 atom stereocenters. The van der Waals surface area contributed by atoms with Crippen molar-refractivity contribution in [2.75, 3.05) is 13.2 Å². The van der Waals surface area contributed by atoms with E-state index in [4.69, 9.17) is 9.84 Å². The number of hydrogen-bond donors (Lipinski definition) is 2. The lowest BCUT2D eigenvalue weighted by molar-refractivity contribution is 0.258. The van der Waals surface area contributed by atoms with Gasteiger partial charge in [0.1, 0.15) is 5.75 Å². The van der Waals surface area contributed by atoms with E-state index in [0.29, 0.717) is 6.04 Å². The molecule has 1 aliphatic heterocycles. The number of aliphatic hydroxyl groups is 1. The average molecular weight is 235 g/mol. The second-order valence-corrected chi connectivity index (χ2v) is 4.55. The summed E-state index contributed by atoms with van der Waals surface area (Å²) in [7, 11) is 0. The highest BCUT2D eigenvalue weighted by atomic mass is 16.5. The van der Waals surface area contributed by atoms with Gasteiger partial charge >= 0.3 is 0 Å². The summed E-state index contributed by atoms with van der Waals surface area (Å²) in [5.74, 6) is 0.814.